The Morgan fingerprint density at radius 1 is 0.758 bits per heavy atom. The minimum Gasteiger partial charge on any atom is -0.497 e. The number of tetrazole rings is 1. The van der Waals surface area contributed by atoms with E-state index in [0.29, 0.717) is 34.0 Å². The molecule has 1 aliphatic rings. The molecular weight excluding hydrogens is 889 g/mol. The van der Waals surface area contributed by atoms with Crippen LogP contribution in [0.25, 0.3) is 28.3 Å². The van der Waals surface area contributed by atoms with Gasteiger partial charge >= 0.3 is 6.09 Å². The van der Waals surface area contributed by atoms with Crippen LogP contribution in [0, 0.1) is 0 Å². The van der Waals surface area contributed by atoms with Crippen LogP contribution in [-0.4, -0.2) is 112 Å². The van der Waals surface area contributed by atoms with Crippen molar-refractivity contribution in [1.29, 1.82) is 0 Å². The van der Waals surface area contributed by atoms with Gasteiger partial charge in [-0.3, -0.25) is 0 Å². The molecule has 4 heterocycles. The highest BCUT2D eigenvalue weighted by molar-refractivity contribution is 7.94. The zero-order valence-electron chi connectivity index (χ0n) is 37.0. The quantitative estimate of drug-likeness (QED) is 0.134. The number of fused-ring (bicyclic) bond motifs is 1. The number of anilines is 1. The number of nitrogen functional groups attached to an aromatic ring is 1. The molecule has 1 saturated heterocycles. The lowest BCUT2D eigenvalue weighted by Crippen LogP contribution is -2.57. The first-order chi connectivity index (χ1) is 31.5. The van der Waals surface area contributed by atoms with Crippen LogP contribution in [0.2, 0.25) is 0 Å². The maximum absolute atomic E-state index is 16.1. The monoisotopic (exact) mass is 936 g/mol. The van der Waals surface area contributed by atoms with Gasteiger partial charge in [-0.15, -0.1) is 15.3 Å². The van der Waals surface area contributed by atoms with Crippen molar-refractivity contribution in [3.8, 4) is 39.9 Å². The van der Waals surface area contributed by atoms with Crippen molar-refractivity contribution in [2.75, 3.05) is 40.2 Å². The molecule has 0 unspecified atom stereocenters. The molecule has 0 bridgehead atoms. The summed E-state index contributed by atoms with van der Waals surface area (Å²) in [5, 5.41) is 16.7. The van der Waals surface area contributed by atoms with Gasteiger partial charge in [0.1, 0.15) is 38.8 Å². The van der Waals surface area contributed by atoms with Crippen molar-refractivity contribution in [3.05, 3.63) is 120 Å². The fourth-order valence-electron chi connectivity index (χ4n) is 7.37. The van der Waals surface area contributed by atoms with E-state index in [1.807, 2.05) is 12.1 Å². The number of nitrogens with zero attached hydrogens (tertiary/aromatic N) is 9. The molecule has 0 radical (unpaired) electrons. The van der Waals surface area contributed by atoms with Gasteiger partial charge in [0.25, 0.3) is 0 Å². The summed E-state index contributed by atoms with van der Waals surface area (Å²) >= 11 is 0. The number of nitrogens with two attached hydrogens (primary N) is 1. The number of hydrogen-bond donors (Lipinski definition) is 1. The van der Waals surface area contributed by atoms with E-state index in [2.05, 4.69) is 20.4 Å². The second-order valence-corrected chi connectivity index (χ2v) is 20.6. The first-order valence-corrected chi connectivity index (χ1v) is 23.6. The van der Waals surface area contributed by atoms with Crippen LogP contribution in [-0.2, 0) is 44.2 Å². The van der Waals surface area contributed by atoms with Crippen molar-refractivity contribution in [2.45, 2.75) is 61.0 Å². The summed E-state index contributed by atoms with van der Waals surface area (Å²) in [6.45, 7) is 4.33. The van der Waals surface area contributed by atoms with E-state index in [1.54, 1.807) is 101 Å². The van der Waals surface area contributed by atoms with E-state index >= 15 is 16.8 Å². The minimum atomic E-state index is -4.94. The lowest BCUT2D eigenvalue weighted by Gasteiger charge is -2.39. The average Bonchev–Trinajstić information content (AvgIpc) is 3.92. The van der Waals surface area contributed by atoms with E-state index in [-0.39, 0.29) is 61.2 Å². The van der Waals surface area contributed by atoms with Crippen molar-refractivity contribution in [1.82, 2.24) is 44.0 Å². The topological polar surface area (TPSA) is 229 Å². The minimum absolute atomic E-state index is 0.115. The van der Waals surface area contributed by atoms with Gasteiger partial charge in [-0.05, 0) is 97.3 Å². The molecule has 66 heavy (non-hydrogen) atoms. The number of carbonyl (C=O) groups excluding carboxylic acids is 1. The highest BCUT2D eigenvalue weighted by Gasteiger charge is 2.46. The summed E-state index contributed by atoms with van der Waals surface area (Å²) in [4.78, 5) is 18.9. The van der Waals surface area contributed by atoms with Crippen molar-refractivity contribution in [3.63, 3.8) is 0 Å². The normalized spacial score (nSPS) is 13.5. The Kier molecular flexibility index (Phi) is 12.4. The van der Waals surface area contributed by atoms with E-state index < -0.39 is 46.6 Å². The number of likely N-dealkylation sites (tertiary alicyclic amines) is 1. The largest absolute Gasteiger partial charge is 0.497 e. The highest BCUT2D eigenvalue weighted by atomic mass is 32.2. The summed E-state index contributed by atoms with van der Waals surface area (Å²) < 4.78 is 86.7. The molecule has 2 N–H and O–H groups in total. The number of benzene rings is 4. The molecule has 3 aromatic heterocycles. The Bertz CT molecular complexity index is 3060. The van der Waals surface area contributed by atoms with Crippen LogP contribution in [0.3, 0.4) is 0 Å². The predicted molar refractivity (Wildman–Crippen MR) is 243 cm³/mol. The second kappa shape index (κ2) is 18.1. The third-order valence-electron chi connectivity index (χ3n) is 10.8. The van der Waals surface area contributed by atoms with Crippen molar-refractivity contribution >= 4 is 37.4 Å². The molecule has 0 spiro atoms. The first-order valence-electron chi connectivity index (χ1n) is 20.6. The summed E-state index contributed by atoms with van der Waals surface area (Å²) in [5.74, 6) is 1.69. The SMILES string of the molecule is COc1ccc(CN(Cc2ccc(OC)cc2)S(=O)(=O)c2c(S(=O)(=O)C3CN(C(=O)OC(C)(C)C)C3)ccc(-c3cnc4ccc(N)nn34)c2-c2nnn(Cc3ccc(OC)cc3)n2)cc1. The molecule has 1 aliphatic heterocycles. The zero-order chi connectivity index (χ0) is 47.0. The smallest absolute Gasteiger partial charge is 0.410 e. The number of sulfone groups is 1. The van der Waals surface area contributed by atoms with Crippen LogP contribution in [0.4, 0.5) is 10.6 Å². The number of hydrogen-bond acceptors (Lipinski definition) is 15. The van der Waals surface area contributed by atoms with Gasteiger partial charge in [-0.2, -0.15) is 9.10 Å². The Morgan fingerprint density at radius 3 is 1.86 bits per heavy atom. The van der Waals surface area contributed by atoms with E-state index in [1.165, 1.54) is 51.1 Å². The summed E-state index contributed by atoms with van der Waals surface area (Å²) in [5.41, 5.74) is 7.87. The molecule has 344 valence electrons. The van der Waals surface area contributed by atoms with Crippen LogP contribution in [0.5, 0.6) is 17.2 Å². The molecular formula is C45H48N10O9S2. The molecule has 7 aromatic rings. The van der Waals surface area contributed by atoms with E-state index in [9.17, 15) is 4.79 Å². The predicted octanol–water partition coefficient (Wildman–Crippen LogP) is 5.49. The molecule has 19 nitrogen and oxygen atoms in total. The highest BCUT2D eigenvalue weighted by Crippen LogP contribution is 2.43. The first kappa shape index (κ1) is 45.5. The number of methoxy groups -OCH3 is 3. The number of ether oxygens (including phenoxy) is 4. The molecule has 21 heteroatoms. The lowest BCUT2D eigenvalue weighted by molar-refractivity contribution is 0.0139. The maximum Gasteiger partial charge on any atom is 0.410 e. The number of sulfonamides is 1. The number of aromatic nitrogens is 7. The van der Waals surface area contributed by atoms with Gasteiger partial charge in [0.2, 0.25) is 15.8 Å². The average molecular weight is 937 g/mol. The van der Waals surface area contributed by atoms with Crippen LogP contribution in [0.1, 0.15) is 37.5 Å². The van der Waals surface area contributed by atoms with Crippen molar-refractivity contribution in [2.24, 2.45) is 0 Å². The van der Waals surface area contributed by atoms with Gasteiger partial charge in [0.05, 0.1) is 50.2 Å². The Labute approximate surface area is 381 Å². The third kappa shape index (κ3) is 9.35. The second-order valence-electron chi connectivity index (χ2n) is 16.5. The summed E-state index contributed by atoms with van der Waals surface area (Å²) in [6.07, 6.45) is 0.782. The van der Waals surface area contributed by atoms with Crippen molar-refractivity contribution < 1.29 is 40.6 Å². The third-order valence-corrected chi connectivity index (χ3v) is 15.0. The maximum atomic E-state index is 16.1. The fraction of sp³-hybridized carbons (Fsp3) is 0.289. The molecule has 4 aromatic carbocycles. The molecule has 0 aliphatic carbocycles. The molecule has 8 rings (SSSR count). The van der Waals surface area contributed by atoms with Crippen LogP contribution in [0.15, 0.2) is 113 Å². The van der Waals surface area contributed by atoms with E-state index in [4.69, 9.17) is 29.8 Å². The summed E-state index contributed by atoms with van der Waals surface area (Å²) in [7, 11) is -4.92. The summed E-state index contributed by atoms with van der Waals surface area (Å²) in [6, 6.07) is 26.9. The number of rotatable bonds is 15. The fourth-order valence-corrected chi connectivity index (χ4v) is 11.4. The standard InChI is InChI=1S/C45H48N10O9S2/c1-45(2,3)64-44(56)52-27-35(28-52)65(57,58)38-20-19-36(37-23-47-40-22-21-39(46)49-55(37)40)41(43-48-51-54(50-43)26-31-11-17-34(63-6)18-12-31)42(38)66(59,60)53(24-29-7-13-32(61-4)14-8-29)25-30-9-15-33(62-5)16-10-30/h7-23,35H,24-28H2,1-6H3,(H2,46,49). The van der Waals surface area contributed by atoms with E-state index in [0.717, 1.165) is 5.56 Å². The number of carbonyl (C=O) groups is 1. The van der Waals surface area contributed by atoms with Crippen LogP contribution >= 0.6 is 0 Å². The zero-order valence-corrected chi connectivity index (χ0v) is 38.7. The molecule has 1 amide bonds. The Hall–Kier alpha value is -7.10. The van der Waals surface area contributed by atoms with Gasteiger partial charge in [0.15, 0.2) is 15.5 Å². The number of amides is 1. The molecule has 0 atom stereocenters. The number of imidazole rings is 1. The Morgan fingerprint density at radius 2 is 1.32 bits per heavy atom. The molecule has 0 saturated carbocycles. The molecule has 1 fully saturated rings. The van der Waals surface area contributed by atoms with Gasteiger partial charge < -0.3 is 29.6 Å². The van der Waals surface area contributed by atoms with Gasteiger partial charge in [-0.25, -0.2) is 31.1 Å². The van der Waals surface area contributed by atoms with Gasteiger partial charge in [-0.1, -0.05) is 42.5 Å². The Balaban J connectivity index is 1.36. The lowest BCUT2D eigenvalue weighted by atomic mass is 10.0. The van der Waals surface area contributed by atoms with Crippen LogP contribution < -0.4 is 19.9 Å². The van der Waals surface area contributed by atoms with Gasteiger partial charge in [0, 0.05) is 31.7 Å².